The normalized spacial score (nSPS) is 12.6. The highest BCUT2D eigenvalue weighted by Gasteiger charge is 2.17. The van der Waals surface area contributed by atoms with E-state index in [4.69, 9.17) is 11.6 Å². The summed E-state index contributed by atoms with van der Waals surface area (Å²) < 4.78 is 0. The van der Waals surface area contributed by atoms with E-state index >= 15 is 0 Å². The molecule has 0 saturated carbocycles. The van der Waals surface area contributed by atoms with Crippen LogP contribution in [0.25, 0.3) is 0 Å². The SMILES string of the molecule is CCCNC(c1cccc(C)c1)c1sccc1Cl. The summed E-state index contributed by atoms with van der Waals surface area (Å²) in [6.07, 6.45) is 1.12. The van der Waals surface area contributed by atoms with Gasteiger partial charge in [-0.3, -0.25) is 0 Å². The van der Waals surface area contributed by atoms with E-state index in [9.17, 15) is 0 Å². The van der Waals surface area contributed by atoms with Gasteiger partial charge in [-0.2, -0.15) is 0 Å². The fourth-order valence-corrected chi connectivity index (χ4v) is 3.28. The zero-order valence-corrected chi connectivity index (χ0v) is 12.3. The molecule has 1 aromatic heterocycles. The Kier molecular flexibility index (Phi) is 4.81. The lowest BCUT2D eigenvalue weighted by atomic mass is 10.0. The van der Waals surface area contributed by atoms with Gasteiger partial charge >= 0.3 is 0 Å². The van der Waals surface area contributed by atoms with E-state index in [1.165, 1.54) is 16.0 Å². The molecule has 0 aliphatic rings. The van der Waals surface area contributed by atoms with E-state index < -0.39 is 0 Å². The zero-order chi connectivity index (χ0) is 13.0. The second-order valence-electron chi connectivity index (χ2n) is 4.43. The van der Waals surface area contributed by atoms with Crippen molar-refractivity contribution >= 4 is 22.9 Å². The number of halogens is 1. The number of hydrogen-bond donors (Lipinski definition) is 1. The maximum absolute atomic E-state index is 6.27. The van der Waals surface area contributed by atoms with E-state index in [1.807, 2.05) is 11.4 Å². The predicted molar refractivity (Wildman–Crippen MR) is 80.6 cm³/mol. The van der Waals surface area contributed by atoms with E-state index in [1.54, 1.807) is 11.3 Å². The topological polar surface area (TPSA) is 12.0 Å². The second kappa shape index (κ2) is 6.37. The van der Waals surface area contributed by atoms with Gasteiger partial charge in [0.05, 0.1) is 11.1 Å². The molecule has 2 rings (SSSR count). The molecule has 1 nitrogen and oxygen atoms in total. The smallest absolute Gasteiger partial charge is 0.0686 e. The molecule has 0 fully saturated rings. The van der Waals surface area contributed by atoms with Crippen molar-refractivity contribution in [1.82, 2.24) is 5.32 Å². The highest BCUT2D eigenvalue weighted by molar-refractivity contribution is 7.10. The minimum atomic E-state index is 0.206. The third-order valence-electron chi connectivity index (χ3n) is 2.88. The fraction of sp³-hybridized carbons (Fsp3) is 0.333. The highest BCUT2D eigenvalue weighted by Crippen LogP contribution is 2.33. The Labute approximate surface area is 118 Å². The van der Waals surface area contributed by atoms with Crippen LogP contribution in [0.2, 0.25) is 5.02 Å². The van der Waals surface area contributed by atoms with Crippen LogP contribution in [0.5, 0.6) is 0 Å². The number of rotatable bonds is 5. The molecule has 1 atom stereocenters. The Morgan fingerprint density at radius 2 is 2.17 bits per heavy atom. The van der Waals surface area contributed by atoms with Gasteiger partial charge in [0.2, 0.25) is 0 Å². The summed E-state index contributed by atoms with van der Waals surface area (Å²) in [7, 11) is 0. The van der Waals surface area contributed by atoms with E-state index in [2.05, 4.69) is 43.4 Å². The third-order valence-corrected chi connectivity index (χ3v) is 4.30. The number of thiophene rings is 1. The Balaban J connectivity index is 2.33. The molecule has 18 heavy (non-hydrogen) atoms. The lowest BCUT2D eigenvalue weighted by molar-refractivity contribution is 0.606. The molecular weight excluding hydrogens is 262 g/mol. The monoisotopic (exact) mass is 279 g/mol. The quantitative estimate of drug-likeness (QED) is 0.829. The summed E-state index contributed by atoms with van der Waals surface area (Å²) in [5, 5.41) is 6.49. The van der Waals surface area contributed by atoms with Crippen molar-refractivity contribution < 1.29 is 0 Å². The van der Waals surface area contributed by atoms with Crippen molar-refractivity contribution in [2.75, 3.05) is 6.54 Å². The Morgan fingerprint density at radius 1 is 1.33 bits per heavy atom. The molecule has 0 radical (unpaired) electrons. The minimum Gasteiger partial charge on any atom is -0.306 e. The van der Waals surface area contributed by atoms with Gasteiger partial charge in [0.15, 0.2) is 0 Å². The lowest BCUT2D eigenvalue weighted by Crippen LogP contribution is -2.22. The molecule has 0 aliphatic carbocycles. The molecule has 0 saturated heterocycles. The number of benzene rings is 1. The fourth-order valence-electron chi connectivity index (χ4n) is 2.01. The minimum absolute atomic E-state index is 0.206. The van der Waals surface area contributed by atoms with Gasteiger partial charge in [0.1, 0.15) is 0 Å². The van der Waals surface area contributed by atoms with Crippen LogP contribution in [-0.4, -0.2) is 6.54 Å². The predicted octanol–water partition coefficient (Wildman–Crippen LogP) is 4.80. The van der Waals surface area contributed by atoms with Crippen molar-refractivity contribution in [3.63, 3.8) is 0 Å². The van der Waals surface area contributed by atoms with Crippen molar-refractivity contribution in [2.24, 2.45) is 0 Å². The third kappa shape index (κ3) is 3.14. The Bertz CT molecular complexity index is 507. The standard InChI is InChI=1S/C15H18ClNS/c1-3-8-17-14(15-13(16)7-9-18-15)12-6-4-5-11(2)10-12/h4-7,9-10,14,17H,3,8H2,1-2H3. The first-order valence-corrected chi connectivity index (χ1v) is 7.51. The first kappa shape index (κ1) is 13.6. The number of aryl methyl sites for hydroxylation is 1. The molecule has 1 N–H and O–H groups in total. The maximum atomic E-state index is 6.27. The van der Waals surface area contributed by atoms with Crippen LogP contribution in [0.4, 0.5) is 0 Å². The van der Waals surface area contributed by atoms with Crippen molar-refractivity contribution in [2.45, 2.75) is 26.3 Å². The first-order valence-electron chi connectivity index (χ1n) is 6.25. The van der Waals surface area contributed by atoms with Gasteiger partial charge in [0.25, 0.3) is 0 Å². The van der Waals surface area contributed by atoms with E-state index in [-0.39, 0.29) is 6.04 Å². The van der Waals surface area contributed by atoms with Crippen LogP contribution < -0.4 is 5.32 Å². The summed E-state index contributed by atoms with van der Waals surface area (Å²) in [5.74, 6) is 0. The number of nitrogens with one attached hydrogen (secondary N) is 1. The molecule has 0 aliphatic heterocycles. The molecule has 1 aromatic carbocycles. The van der Waals surface area contributed by atoms with Gasteiger partial charge in [-0.1, -0.05) is 48.4 Å². The van der Waals surface area contributed by atoms with Crippen LogP contribution in [0.15, 0.2) is 35.7 Å². The van der Waals surface area contributed by atoms with Gasteiger partial charge < -0.3 is 5.32 Å². The zero-order valence-electron chi connectivity index (χ0n) is 10.7. The molecule has 96 valence electrons. The largest absolute Gasteiger partial charge is 0.306 e. The van der Waals surface area contributed by atoms with Crippen LogP contribution in [0, 0.1) is 6.92 Å². The number of hydrogen-bond acceptors (Lipinski definition) is 2. The average Bonchev–Trinajstić information content (AvgIpc) is 2.77. The molecule has 3 heteroatoms. The molecule has 1 unspecified atom stereocenters. The molecule has 0 amide bonds. The van der Waals surface area contributed by atoms with Crippen molar-refractivity contribution in [1.29, 1.82) is 0 Å². The summed E-state index contributed by atoms with van der Waals surface area (Å²) in [6, 6.07) is 10.8. The van der Waals surface area contributed by atoms with Gasteiger partial charge in [-0.15, -0.1) is 11.3 Å². The van der Waals surface area contributed by atoms with Crippen molar-refractivity contribution in [3.05, 3.63) is 56.7 Å². The summed E-state index contributed by atoms with van der Waals surface area (Å²) in [5.41, 5.74) is 2.57. The molecule has 0 bridgehead atoms. The lowest BCUT2D eigenvalue weighted by Gasteiger charge is -2.18. The van der Waals surface area contributed by atoms with Crippen LogP contribution in [0.1, 0.15) is 35.4 Å². The molecular formula is C15H18ClNS. The average molecular weight is 280 g/mol. The molecule has 2 aromatic rings. The highest BCUT2D eigenvalue weighted by atomic mass is 35.5. The Morgan fingerprint density at radius 3 is 2.78 bits per heavy atom. The summed E-state index contributed by atoms with van der Waals surface area (Å²) in [6.45, 7) is 5.29. The maximum Gasteiger partial charge on any atom is 0.0686 e. The summed E-state index contributed by atoms with van der Waals surface area (Å²) >= 11 is 7.99. The van der Waals surface area contributed by atoms with E-state index in [0.717, 1.165) is 18.0 Å². The van der Waals surface area contributed by atoms with Crippen molar-refractivity contribution in [3.8, 4) is 0 Å². The molecule has 1 heterocycles. The second-order valence-corrected chi connectivity index (χ2v) is 5.79. The van der Waals surface area contributed by atoms with E-state index in [0.29, 0.717) is 0 Å². The van der Waals surface area contributed by atoms with Gasteiger partial charge in [0, 0.05) is 4.88 Å². The molecule has 0 spiro atoms. The Hall–Kier alpha value is -0.830. The van der Waals surface area contributed by atoms with Crippen LogP contribution in [0.3, 0.4) is 0 Å². The first-order chi connectivity index (χ1) is 8.72. The summed E-state index contributed by atoms with van der Waals surface area (Å²) in [4.78, 5) is 1.20. The van der Waals surface area contributed by atoms with Gasteiger partial charge in [-0.25, -0.2) is 0 Å². The van der Waals surface area contributed by atoms with Crippen LogP contribution in [-0.2, 0) is 0 Å². The van der Waals surface area contributed by atoms with Crippen LogP contribution >= 0.6 is 22.9 Å². The van der Waals surface area contributed by atoms with Gasteiger partial charge in [-0.05, 0) is 36.9 Å².